The number of aromatic amines is 1. The monoisotopic (exact) mass is 315 g/mol. The van der Waals surface area contributed by atoms with Gasteiger partial charge in [0.15, 0.2) is 0 Å². The van der Waals surface area contributed by atoms with Crippen LogP contribution in [0.2, 0.25) is 0 Å². The van der Waals surface area contributed by atoms with Crippen LogP contribution in [0.15, 0.2) is 23.5 Å². The molecule has 0 radical (unpaired) electrons. The molecule has 0 saturated carbocycles. The van der Waals surface area contributed by atoms with E-state index in [4.69, 9.17) is 5.26 Å². The number of carbonyl (C=O) groups excluding carboxylic acids is 1. The van der Waals surface area contributed by atoms with Crippen LogP contribution in [0, 0.1) is 23.7 Å². The predicted octanol–water partition coefficient (Wildman–Crippen LogP) is 1.35. The summed E-state index contributed by atoms with van der Waals surface area (Å²) in [7, 11) is 0. The summed E-state index contributed by atoms with van der Waals surface area (Å²) in [5, 5.41) is 18.7. The van der Waals surface area contributed by atoms with Crippen molar-refractivity contribution in [1.29, 1.82) is 5.26 Å². The second-order valence-corrected chi connectivity index (χ2v) is 6.14. The average molecular weight is 315 g/mol. The normalized spacial score (nSPS) is 20.8. The Bertz CT molecular complexity index is 717. The minimum absolute atomic E-state index is 0.00312. The number of aliphatic hydroxyl groups excluding tert-OH is 1. The van der Waals surface area contributed by atoms with E-state index in [1.165, 1.54) is 6.07 Å². The highest BCUT2D eigenvalue weighted by molar-refractivity contribution is 5.95. The largest absolute Gasteiger partial charge is 0.396 e. The van der Waals surface area contributed by atoms with Crippen LogP contribution in [-0.2, 0) is 0 Å². The van der Waals surface area contributed by atoms with E-state index in [0.717, 1.165) is 12.8 Å². The van der Waals surface area contributed by atoms with Crippen LogP contribution in [0.25, 0.3) is 0 Å². The number of hydrogen-bond acceptors (Lipinski definition) is 4. The first-order chi connectivity index (χ1) is 11.0. The molecule has 2 N–H and O–H groups in total. The van der Waals surface area contributed by atoms with Gasteiger partial charge in [-0.05, 0) is 32.3 Å². The summed E-state index contributed by atoms with van der Waals surface area (Å²) in [6.45, 7) is 6.41. The van der Waals surface area contributed by atoms with Crippen LogP contribution in [0.1, 0.15) is 40.9 Å². The number of nitrogens with zero attached hydrogens (tertiary/aromatic N) is 2. The fourth-order valence-corrected chi connectivity index (χ4v) is 3.15. The highest BCUT2D eigenvalue weighted by Gasteiger charge is 2.36. The molecule has 6 heteroatoms. The number of rotatable bonds is 4. The van der Waals surface area contributed by atoms with E-state index in [2.05, 4.69) is 11.6 Å². The molecule has 1 unspecified atom stereocenters. The van der Waals surface area contributed by atoms with Crippen molar-refractivity contribution in [3.05, 3.63) is 45.9 Å². The summed E-state index contributed by atoms with van der Waals surface area (Å²) < 4.78 is 0. The molecule has 0 aliphatic carbocycles. The SMILES string of the molecule is C=CCC1(CO)CCCN(C(=O)c2cc(C#N)c(=O)[nH]c2C)C1. The first-order valence-corrected chi connectivity index (χ1v) is 7.61. The van der Waals surface area contributed by atoms with Gasteiger partial charge in [0.05, 0.1) is 12.2 Å². The lowest BCUT2D eigenvalue weighted by molar-refractivity contribution is 0.0284. The summed E-state index contributed by atoms with van der Waals surface area (Å²) in [6.07, 6.45) is 4.05. The highest BCUT2D eigenvalue weighted by Crippen LogP contribution is 2.34. The van der Waals surface area contributed by atoms with Crippen LogP contribution < -0.4 is 5.56 Å². The smallest absolute Gasteiger partial charge is 0.266 e. The maximum Gasteiger partial charge on any atom is 0.266 e. The zero-order valence-corrected chi connectivity index (χ0v) is 13.3. The van der Waals surface area contributed by atoms with Gasteiger partial charge in [-0.1, -0.05) is 6.08 Å². The fraction of sp³-hybridized carbons (Fsp3) is 0.471. The van der Waals surface area contributed by atoms with Crippen LogP contribution in [0.4, 0.5) is 0 Å². The van der Waals surface area contributed by atoms with E-state index in [9.17, 15) is 14.7 Å². The number of nitrogens with one attached hydrogen (secondary N) is 1. The van der Waals surface area contributed by atoms with E-state index >= 15 is 0 Å². The Balaban J connectivity index is 2.32. The molecule has 23 heavy (non-hydrogen) atoms. The first-order valence-electron chi connectivity index (χ1n) is 7.61. The molecular weight excluding hydrogens is 294 g/mol. The molecule has 1 fully saturated rings. The van der Waals surface area contributed by atoms with Crippen molar-refractivity contribution in [2.24, 2.45) is 5.41 Å². The third-order valence-corrected chi connectivity index (χ3v) is 4.45. The maximum atomic E-state index is 12.8. The second kappa shape index (κ2) is 6.80. The first kappa shape index (κ1) is 17.0. The van der Waals surface area contributed by atoms with E-state index in [-0.39, 0.29) is 23.5 Å². The topological polar surface area (TPSA) is 97.2 Å². The van der Waals surface area contributed by atoms with Crippen molar-refractivity contribution >= 4 is 5.91 Å². The lowest BCUT2D eigenvalue weighted by atomic mass is 9.77. The predicted molar refractivity (Wildman–Crippen MR) is 86.0 cm³/mol. The Morgan fingerprint density at radius 3 is 3.00 bits per heavy atom. The Hall–Kier alpha value is -2.39. The van der Waals surface area contributed by atoms with Crippen LogP contribution in [0.5, 0.6) is 0 Å². The zero-order chi connectivity index (χ0) is 17.0. The number of likely N-dealkylation sites (tertiary alicyclic amines) is 1. The van der Waals surface area contributed by atoms with Crippen molar-refractivity contribution in [3.8, 4) is 6.07 Å². The maximum absolute atomic E-state index is 12.8. The van der Waals surface area contributed by atoms with Gasteiger partial charge in [-0.25, -0.2) is 0 Å². The number of piperidine rings is 1. The van der Waals surface area contributed by atoms with Crippen molar-refractivity contribution in [2.45, 2.75) is 26.2 Å². The molecular formula is C17H21N3O3. The molecule has 1 saturated heterocycles. The van der Waals surface area contributed by atoms with Crippen molar-refractivity contribution in [2.75, 3.05) is 19.7 Å². The number of H-pyrrole nitrogens is 1. The van der Waals surface area contributed by atoms with Gasteiger partial charge in [0, 0.05) is 24.2 Å². The Morgan fingerprint density at radius 1 is 1.65 bits per heavy atom. The molecule has 2 heterocycles. The number of amides is 1. The number of pyridine rings is 1. The van der Waals surface area contributed by atoms with E-state index in [1.807, 2.05) is 0 Å². The van der Waals surface area contributed by atoms with Gasteiger partial charge in [0.1, 0.15) is 11.6 Å². The summed E-state index contributed by atoms with van der Waals surface area (Å²) in [5.41, 5.74) is -0.146. The molecule has 1 aliphatic heterocycles. The van der Waals surface area contributed by atoms with Crippen LogP contribution >= 0.6 is 0 Å². The fourth-order valence-electron chi connectivity index (χ4n) is 3.15. The van der Waals surface area contributed by atoms with E-state index < -0.39 is 5.56 Å². The minimum Gasteiger partial charge on any atom is -0.396 e. The van der Waals surface area contributed by atoms with Gasteiger partial charge >= 0.3 is 0 Å². The molecule has 1 amide bonds. The van der Waals surface area contributed by atoms with E-state index in [1.54, 1.807) is 24.0 Å². The molecule has 122 valence electrons. The van der Waals surface area contributed by atoms with Crippen molar-refractivity contribution in [3.63, 3.8) is 0 Å². The lowest BCUT2D eigenvalue weighted by Crippen LogP contribution is -2.48. The Morgan fingerprint density at radius 2 is 2.39 bits per heavy atom. The van der Waals surface area contributed by atoms with Crippen LogP contribution in [0.3, 0.4) is 0 Å². The number of aliphatic hydroxyl groups is 1. The average Bonchev–Trinajstić information content (AvgIpc) is 2.55. The van der Waals surface area contributed by atoms with Gasteiger partial charge in [0.2, 0.25) is 0 Å². The highest BCUT2D eigenvalue weighted by atomic mass is 16.3. The molecule has 2 rings (SSSR count). The number of aryl methyl sites for hydroxylation is 1. The molecule has 0 spiro atoms. The van der Waals surface area contributed by atoms with Crippen molar-refractivity contribution < 1.29 is 9.90 Å². The molecule has 1 aliphatic rings. The quantitative estimate of drug-likeness (QED) is 0.819. The summed E-state index contributed by atoms with van der Waals surface area (Å²) >= 11 is 0. The lowest BCUT2D eigenvalue weighted by Gasteiger charge is -2.41. The molecule has 1 aromatic rings. The molecule has 0 bridgehead atoms. The van der Waals surface area contributed by atoms with Gasteiger partial charge in [0.25, 0.3) is 11.5 Å². The van der Waals surface area contributed by atoms with Gasteiger partial charge in [-0.15, -0.1) is 6.58 Å². The molecule has 1 atom stereocenters. The number of carbonyl (C=O) groups is 1. The van der Waals surface area contributed by atoms with Gasteiger partial charge < -0.3 is 15.0 Å². The third kappa shape index (κ3) is 3.35. The number of nitriles is 1. The number of hydrogen-bond donors (Lipinski definition) is 2. The molecule has 0 aromatic carbocycles. The number of aromatic nitrogens is 1. The standard InChI is InChI=1S/C17H21N3O3/c1-3-5-17(11-21)6-4-7-20(10-17)16(23)14-8-13(9-18)15(22)19-12(14)2/h3,8,21H,1,4-7,10-11H2,2H3,(H,19,22). The summed E-state index contributed by atoms with van der Waals surface area (Å²) in [4.78, 5) is 28.6. The zero-order valence-electron chi connectivity index (χ0n) is 13.3. The van der Waals surface area contributed by atoms with Crippen LogP contribution in [-0.4, -0.2) is 40.6 Å². The Kier molecular flexibility index (Phi) is 5.02. The summed E-state index contributed by atoms with van der Waals surface area (Å²) in [6, 6.07) is 3.15. The Labute approximate surface area is 135 Å². The molecule has 1 aromatic heterocycles. The van der Waals surface area contributed by atoms with Crippen molar-refractivity contribution in [1.82, 2.24) is 9.88 Å². The van der Waals surface area contributed by atoms with E-state index in [0.29, 0.717) is 30.8 Å². The van der Waals surface area contributed by atoms with Gasteiger partial charge in [-0.3, -0.25) is 9.59 Å². The third-order valence-electron chi connectivity index (χ3n) is 4.45. The second-order valence-electron chi connectivity index (χ2n) is 6.14. The molecule has 6 nitrogen and oxygen atoms in total. The summed E-state index contributed by atoms with van der Waals surface area (Å²) in [5.74, 6) is -0.225. The van der Waals surface area contributed by atoms with Gasteiger partial charge in [-0.2, -0.15) is 5.26 Å². The number of allylic oxidation sites excluding steroid dienone is 1. The minimum atomic E-state index is -0.489.